The third-order valence-corrected chi connectivity index (χ3v) is 18.1. The number of aliphatic hydroxyl groups excluding tert-OH is 9. The summed E-state index contributed by atoms with van der Waals surface area (Å²) in [5.74, 6) is -8.45. The molecule has 3 aliphatic heterocycles. The molecule has 0 saturated carbocycles. The Hall–Kier alpha value is -6.49. The van der Waals surface area contributed by atoms with E-state index in [1.807, 2.05) is 6.92 Å². The fourth-order valence-electron chi connectivity index (χ4n) is 11.8. The van der Waals surface area contributed by atoms with Gasteiger partial charge in [-0.05, 0) is 40.0 Å². The number of hydrogen-bond acceptors (Lipinski definition) is 33. The van der Waals surface area contributed by atoms with Crippen LogP contribution in [-0.2, 0) is 105 Å². The number of hydrogen-bond donors (Lipinski definition) is 16. The Bertz CT molecular complexity index is 2970. The highest BCUT2D eigenvalue weighted by Crippen LogP contribution is 2.39. The summed E-state index contributed by atoms with van der Waals surface area (Å²) in [4.78, 5) is 87.8. The molecule has 3 rings (SSSR count). The zero-order chi connectivity index (χ0) is 86.0. The lowest BCUT2D eigenvalue weighted by Crippen LogP contribution is -2.64. The van der Waals surface area contributed by atoms with Crippen LogP contribution in [0.1, 0.15) is 86.0 Å². The summed E-state index contributed by atoms with van der Waals surface area (Å²) < 4.78 is 82.8. The van der Waals surface area contributed by atoms with Crippen molar-refractivity contribution in [2.75, 3.05) is 171 Å². The Morgan fingerprint density at radius 1 is 0.470 bits per heavy atom. The van der Waals surface area contributed by atoms with Crippen LogP contribution in [0.15, 0.2) is 85.1 Å². The smallest absolute Gasteiger partial charge is 0.314 e. The van der Waals surface area contributed by atoms with E-state index in [2.05, 4.69) is 26.6 Å². The molecule has 0 spiro atoms. The lowest BCUT2D eigenvalue weighted by Gasteiger charge is -2.46. The lowest BCUT2D eigenvalue weighted by molar-refractivity contribution is -0.309. The largest absolute Gasteiger partial charge is 0.466 e. The second-order valence-electron chi connectivity index (χ2n) is 28.0. The summed E-state index contributed by atoms with van der Waals surface area (Å²) in [5, 5.41) is 125. The summed E-state index contributed by atoms with van der Waals surface area (Å²) in [6, 6.07) is -1.40. The van der Waals surface area contributed by atoms with Gasteiger partial charge in [0.15, 0.2) is 12.1 Å². The van der Waals surface area contributed by atoms with Crippen molar-refractivity contribution >= 4 is 41.5 Å². The Kier molecular flexibility index (Phi) is 56.8. The molecule has 38 nitrogen and oxygen atoms in total. The van der Waals surface area contributed by atoms with Crippen LogP contribution in [0.2, 0.25) is 0 Å². The topological polar surface area (TPSA) is 546 Å². The van der Waals surface area contributed by atoms with Crippen molar-refractivity contribution in [3.8, 4) is 0 Å². The van der Waals surface area contributed by atoms with Crippen molar-refractivity contribution < 1.29 is 156 Å². The molecular weight excluding hydrogens is 1540 g/mol. The highest BCUT2D eigenvalue weighted by molar-refractivity contribution is 5.79. The normalized spacial score (nSPS) is 30.2. The molecule has 0 aromatic heterocycles. The van der Waals surface area contributed by atoms with Crippen LogP contribution in [0.4, 0.5) is 0 Å². The first-order valence-electron chi connectivity index (χ1n) is 39.9. The molecule has 2 fully saturated rings. The van der Waals surface area contributed by atoms with E-state index in [1.54, 1.807) is 99.8 Å². The molecule has 17 N–H and O–H groups in total. The first-order valence-corrected chi connectivity index (χ1v) is 39.9. The van der Waals surface area contributed by atoms with Gasteiger partial charge in [0.05, 0.1) is 179 Å². The van der Waals surface area contributed by atoms with Crippen molar-refractivity contribution in [1.82, 2.24) is 26.6 Å². The third-order valence-electron chi connectivity index (χ3n) is 18.1. The maximum absolute atomic E-state index is 13.6. The van der Waals surface area contributed by atoms with Crippen LogP contribution in [0.3, 0.4) is 0 Å². The van der Waals surface area contributed by atoms with E-state index in [4.69, 9.17) is 76.8 Å². The van der Waals surface area contributed by atoms with E-state index in [0.29, 0.717) is 26.3 Å². The number of allylic oxidation sites excluding steroid dienone is 12. The van der Waals surface area contributed by atoms with Crippen LogP contribution >= 0.6 is 0 Å². The van der Waals surface area contributed by atoms with Gasteiger partial charge >= 0.3 is 11.9 Å². The summed E-state index contributed by atoms with van der Waals surface area (Å²) in [5.41, 5.74) is 5.32. The van der Waals surface area contributed by atoms with Gasteiger partial charge in [0.2, 0.25) is 29.5 Å². The summed E-state index contributed by atoms with van der Waals surface area (Å²) in [7, 11) is 0. The molecule has 2 saturated heterocycles. The molecule has 0 aromatic rings. The molecule has 0 aliphatic carbocycles. The average Bonchev–Trinajstić information content (AvgIpc) is 0.799. The molecule has 3 aliphatic rings. The van der Waals surface area contributed by atoms with Crippen LogP contribution in [0.25, 0.3) is 0 Å². The molecule has 2 bridgehead atoms. The number of esters is 2. The minimum absolute atomic E-state index is 0.0166. The Balaban J connectivity index is 1.43. The molecular formula is C79H132N6O32. The van der Waals surface area contributed by atoms with Gasteiger partial charge in [-0.3, -0.25) is 33.6 Å². The third kappa shape index (κ3) is 48.5. The van der Waals surface area contributed by atoms with E-state index in [-0.39, 0.29) is 188 Å². The number of carbonyl (C=O) groups is 7. The average molecular weight is 1680 g/mol. The van der Waals surface area contributed by atoms with Crippen molar-refractivity contribution in [2.45, 2.75) is 183 Å². The van der Waals surface area contributed by atoms with Crippen molar-refractivity contribution in [2.24, 2.45) is 23.5 Å². The van der Waals surface area contributed by atoms with E-state index in [1.165, 1.54) is 13.0 Å². The first kappa shape index (κ1) is 105. The maximum Gasteiger partial charge on any atom is 0.314 e. The van der Waals surface area contributed by atoms with E-state index >= 15 is 0 Å². The molecule has 117 heavy (non-hydrogen) atoms. The highest BCUT2D eigenvalue weighted by atomic mass is 16.7. The van der Waals surface area contributed by atoms with Crippen molar-refractivity contribution in [3.05, 3.63) is 85.1 Å². The quantitative estimate of drug-likeness (QED) is 0.0213. The van der Waals surface area contributed by atoms with Gasteiger partial charge in [0.1, 0.15) is 57.3 Å². The maximum atomic E-state index is 13.6. The van der Waals surface area contributed by atoms with Crippen molar-refractivity contribution in [1.29, 1.82) is 0 Å². The van der Waals surface area contributed by atoms with Crippen molar-refractivity contribution in [3.63, 3.8) is 0 Å². The van der Waals surface area contributed by atoms with Gasteiger partial charge in [0.25, 0.3) is 0 Å². The Morgan fingerprint density at radius 2 is 0.906 bits per heavy atom. The zero-order valence-corrected chi connectivity index (χ0v) is 68.0. The second-order valence-corrected chi connectivity index (χ2v) is 28.0. The standard InChI is InChI=1S/C79H132N6O32/c1-6-113-77(101)72-64(91)48-79(102)47-60(88)44-63(90)62(89)22-21-58(86)43-59(87)45-71(97)114-56(4)55(3)74(98)54(2)19-17-15-13-11-9-7-8-10-12-14-16-18-20-61(46-65(72)117-79)116-78-76(100)73(75(99)57(5)115-78)85-70(96)53-112-42-37-107-32-27-84-69(95)52-111-41-36-106-31-26-83-68(94)51-110-40-35-105-30-25-82-67(93)50-109-39-34-104-29-24-81-66(92)49-108-38-33-103-28-23-80/h7-20,54-65,72-76,78,86-91,98-100,102H,6,21-53,80H2,1-5H3,(H,81,92)(H,82,93)(H,83,94)(H,84,95)(H,85,96)/b8-7+,11-9+,12-10+,15-13+,16-14+,19-17+,20-18+/t54-,55+,56+,57+,58+,59+,60-,61-,62+,63+,64-,65-,72+,73-,74+,75+,76-,78-,79+/m0/s1. The number of nitrogens with two attached hydrogens (primary N) is 1. The molecule has 0 aromatic carbocycles. The van der Waals surface area contributed by atoms with E-state index < -0.39 is 165 Å². The predicted octanol–water partition coefficient (Wildman–Crippen LogP) is -3.06. The van der Waals surface area contributed by atoms with E-state index in [9.17, 15) is 84.6 Å². The number of rotatable bonds is 44. The van der Waals surface area contributed by atoms with Gasteiger partial charge in [-0.2, -0.15) is 0 Å². The number of ether oxygens (including phenoxy) is 15. The number of fused-ring (bicyclic) bond motifs is 2. The molecule has 0 unspecified atom stereocenters. The minimum atomic E-state index is -2.39. The summed E-state index contributed by atoms with van der Waals surface area (Å²) in [6.07, 6.45) is 1.62. The molecule has 0 radical (unpaired) electrons. The van der Waals surface area contributed by atoms with Gasteiger partial charge in [-0.25, -0.2) is 0 Å². The van der Waals surface area contributed by atoms with E-state index in [0.717, 1.165) is 0 Å². The number of carbonyl (C=O) groups excluding carboxylic acids is 7. The monoisotopic (exact) mass is 1680 g/mol. The fraction of sp³-hybridized carbons (Fsp3) is 0.734. The number of amides is 5. The Morgan fingerprint density at radius 3 is 1.37 bits per heavy atom. The second kappa shape index (κ2) is 63.5. The first-order chi connectivity index (χ1) is 56.2. The fourth-order valence-corrected chi connectivity index (χ4v) is 11.8. The number of nitrogens with one attached hydrogen (secondary N) is 5. The minimum Gasteiger partial charge on any atom is -0.466 e. The SMILES string of the molecule is CCOC(=O)[C@H]1[C@@H]2C[C@@H](O[C@@H]3O[C@H](C)[C@@H](O)[C@H](NC(=O)COCCOCCNC(=O)COCCOCCNC(=O)COCCOCCNC(=O)COCCOCCNC(=O)COCCOCCN)[C@@H]3O)/C=C/C=C/C=C/C=C/C=C/C=C/C=C/[C@H](C)[C@@H](O)[C@H](C)[C@@H](C)OC(=O)C[C@H](O)C[C@H](O)CC[C@@H](O)[C@H](O)C[C@H](O)C[C@](O)(C[C@@H]1O)O2. The molecule has 19 atom stereocenters. The Labute approximate surface area is 684 Å². The molecule has 670 valence electrons. The lowest BCUT2D eigenvalue weighted by atomic mass is 9.82. The van der Waals surface area contributed by atoms with Crippen LogP contribution in [-0.4, -0.2) is 361 Å². The van der Waals surface area contributed by atoms with Gasteiger partial charge in [-0.1, -0.05) is 98.9 Å². The van der Waals surface area contributed by atoms with Gasteiger partial charge in [0, 0.05) is 70.2 Å². The molecule has 38 heteroatoms. The summed E-state index contributed by atoms with van der Waals surface area (Å²) >= 11 is 0. The van der Waals surface area contributed by atoms with Gasteiger partial charge in [-0.15, -0.1) is 0 Å². The zero-order valence-electron chi connectivity index (χ0n) is 68.0. The predicted molar refractivity (Wildman–Crippen MR) is 419 cm³/mol. The highest BCUT2D eigenvalue weighted by Gasteiger charge is 2.52. The van der Waals surface area contributed by atoms with Crippen LogP contribution in [0, 0.1) is 17.8 Å². The van der Waals surface area contributed by atoms with Gasteiger partial charge < -0.3 is 154 Å². The summed E-state index contributed by atoms with van der Waals surface area (Å²) in [6.45, 7) is 10.9. The van der Waals surface area contributed by atoms with Crippen LogP contribution < -0.4 is 32.3 Å². The molecule has 5 amide bonds. The van der Waals surface area contributed by atoms with Crippen LogP contribution in [0.5, 0.6) is 0 Å². The number of aliphatic hydroxyl groups is 10. The molecule has 3 heterocycles. The number of cyclic esters (lactones) is 1.